The number of Topliss-reactive ketones (excluding diaryl/α,β-unsaturated/α-hetero) is 1. The lowest BCUT2D eigenvalue weighted by Crippen LogP contribution is -2.22. The van der Waals surface area contributed by atoms with Gasteiger partial charge in [-0.25, -0.2) is 0 Å². The number of carbonyl (C=O) groups excluding carboxylic acids is 2. The highest BCUT2D eigenvalue weighted by Crippen LogP contribution is 2.36. The molecule has 92 valence electrons. The fourth-order valence-corrected chi connectivity index (χ4v) is 1.43. The molecule has 1 N–H and O–H groups in total. The van der Waals surface area contributed by atoms with E-state index in [1.54, 1.807) is 0 Å². The van der Waals surface area contributed by atoms with Gasteiger partial charge in [-0.3, -0.25) is 9.59 Å². The molecule has 1 aromatic rings. The maximum absolute atomic E-state index is 12.6. The molecule has 3 nitrogen and oxygen atoms in total. The Morgan fingerprint density at radius 2 is 1.88 bits per heavy atom. The zero-order valence-electron chi connectivity index (χ0n) is 8.56. The highest BCUT2D eigenvalue weighted by molar-refractivity contribution is 9.10. The van der Waals surface area contributed by atoms with Gasteiger partial charge < -0.3 is 5.32 Å². The van der Waals surface area contributed by atoms with Gasteiger partial charge in [-0.05, 0) is 18.2 Å². The number of alkyl halides is 3. The number of hydrogen-bond acceptors (Lipinski definition) is 2. The third-order valence-electron chi connectivity index (χ3n) is 1.85. The van der Waals surface area contributed by atoms with Crippen LogP contribution >= 0.6 is 15.9 Å². The van der Waals surface area contributed by atoms with E-state index in [4.69, 9.17) is 0 Å². The van der Waals surface area contributed by atoms with Gasteiger partial charge in [0.1, 0.15) is 0 Å². The van der Waals surface area contributed by atoms with Crippen molar-refractivity contribution >= 4 is 33.3 Å². The molecule has 1 aromatic carbocycles. The van der Waals surface area contributed by atoms with Crippen LogP contribution in [0.3, 0.4) is 0 Å². The van der Waals surface area contributed by atoms with Gasteiger partial charge >= 0.3 is 6.18 Å². The predicted molar refractivity (Wildman–Crippen MR) is 58.5 cm³/mol. The largest absolute Gasteiger partial charge is 0.418 e. The normalized spacial score (nSPS) is 11.1. The number of amides is 1. The molecule has 0 atom stereocenters. The molecule has 0 saturated heterocycles. The first-order chi connectivity index (χ1) is 7.71. The number of rotatable bonds is 2. The third kappa shape index (κ3) is 3.55. The summed E-state index contributed by atoms with van der Waals surface area (Å²) in [5, 5.41) is 1.91. The first-order valence-corrected chi connectivity index (χ1v) is 5.20. The van der Waals surface area contributed by atoms with Crippen LogP contribution in [0.2, 0.25) is 0 Å². The first kappa shape index (κ1) is 13.7. The highest BCUT2D eigenvalue weighted by Gasteiger charge is 2.34. The Bertz CT molecular complexity index is 471. The summed E-state index contributed by atoms with van der Waals surface area (Å²) in [5.41, 5.74) is -1.46. The first-order valence-electron chi connectivity index (χ1n) is 4.40. The number of halogens is 4. The van der Waals surface area contributed by atoms with E-state index < -0.39 is 29.1 Å². The molecular weight excluding hydrogens is 303 g/mol. The van der Waals surface area contributed by atoms with E-state index in [9.17, 15) is 22.8 Å². The van der Waals surface area contributed by atoms with Gasteiger partial charge in [0, 0.05) is 11.4 Å². The molecule has 0 unspecified atom stereocenters. The van der Waals surface area contributed by atoms with Crippen molar-refractivity contribution in [2.24, 2.45) is 0 Å². The molecule has 1 amide bonds. The Kier molecular flexibility index (Phi) is 3.92. The molecule has 0 aliphatic rings. The highest BCUT2D eigenvalue weighted by atomic mass is 79.9. The SMILES string of the molecule is CC(=O)C(=O)Nc1ccc(Br)cc1C(F)(F)F. The molecule has 0 saturated carbocycles. The van der Waals surface area contributed by atoms with Crippen LogP contribution in [-0.4, -0.2) is 11.7 Å². The number of nitrogens with one attached hydrogen (secondary N) is 1. The van der Waals surface area contributed by atoms with E-state index in [1.807, 2.05) is 5.32 Å². The molecule has 0 spiro atoms. The molecule has 0 radical (unpaired) electrons. The van der Waals surface area contributed by atoms with E-state index in [2.05, 4.69) is 15.9 Å². The summed E-state index contributed by atoms with van der Waals surface area (Å²) in [6, 6.07) is 3.24. The van der Waals surface area contributed by atoms with E-state index in [0.29, 0.717) is 0 Å². The second-order valence-corrected chi connectivity index (χ2v) is 4.11. The summed E-state index contributed by atoms with van der Waals surface area (Å²) in [5.74, 6) is -1.95. The number of carbonyl (C=O) groups is 2. The molecule has 0 fully saturated rings. The summed E-state index contributed by atoms with van der Waals surface area (Å²) in [7, 11) is 0. The van der Waals surface area contributed by atoms with Crippen LogP contribution in [0.15, 0.2) is 22.7 Å². The molecule has 0 aliphatic heterocycles. The van der Waals surface area contributed by atoms with Gasteiger partial charge in [-0.15, -0.1) is 0 Å². The van der Waals surface area contributed by atoms with Crippen LogP contribution in [0.5, 0.6) is 0 Å². The van der Waals surface area contributed by atoms with Gasteiger partial charge in [-0.2, -0.15) is 13.2 Å². The quantitative estimate of drug-likeness (QED) is 0.854. The minimum Gasteiger partial charge on any atom is -0.319 e. The van der Waals surface area contributed by atoms with E-state index in [0.717, 1.165) is 19.1 Å². The summed E-state index contributed by atoms with van der Waals surface area (Å²) < 4.78 is 38.1. The van der Waals surface area contributed by atoms with E-state index >= 15 is 0 Å². The maximum Gasteiger partial charge on any atom is 0.418 e. The summed E-state index contributed by atoms with van der Waals surface area (Å²) in [6.45, 7) is 0.974. The van der Waals surface area contributed by atoms with Crippen LogP contribution in [-0.2, 0) is 15.8 Å². The molecule has 0 aliphatic carbocycles. The standard InChI is InChI=1S/C10H7BrF3NO2/c1-5(16)9(17)15-8-3-2-6(11)4-7(8)10(12,13)14/h2-4H,1H3,(H,15,17). The summed E-state index contributed by atoms with van der Waals surface area (Å²) >= 11 is 2.90. The van der Waals surface area contributed by atoms with Crippen molar-refractivity contribution in [3.05, 3.63) is 28.2 Å². The van der Waals surface area contributed by atoms with Crippen LogP contribution in [0.25, 0.3) is 0 Å². The fraction of sp³-hybridized carbons (Fsp3) is 0.200. The molecule has 0 heterocycles. The van der Waals surface area contributed by atoms with Crippen LogP contribution in [0.4, 0.5) is 18.9 Å². The monoisotopic (exact) mass is 309 g/mol. The van der Waals surface area contributed by atoms with Gasteiger partial charge in [0.05, 0.1) is 11.3 Å². The molecule has 0 aromatic heterocycles. The second-order valence-electron chi connectivity index (χ2n) is 3.20. The number of ketones is 1. The summed E-state index contributed by atoms with van der Waals surface area (Å²) in [6.07, 6.45) is -4.61. The second kappa shape index (κ2) is 4.87. The third-order valence-corrected chi connectivity index (χ3v) is 2.35. The Hall–Kier alpha value is -1.37. The van der Waals surface area contributed by atoms with Crippen LogP contribution in [0.1, 0.15) is 12.5 Å². The average Bonchev–Trinajstić information content (AvgIpc) is 2.18. The topological polar surface area (TPSA) is 46.2 Å². The van der Waals surface area contributed by atoms with Gasteiger partial charge in [0.25, 0.3) is 5.91 Å². The zero-order valence-corrected chi connectivity index (χ0v) is 10.1. The minimum atomic E-state index is -4.61. The lowest BCUT2D eigenvalue weighted by atomic mass is 10.1. The van der Waals surface area contributed by atoms with E-state index in [-0.39, 0.29) is 4.47 Å². The van der Waals surface area contributed by atoms with E-state index in [1.165, 1.54) is 6.07 Å². The number of benzene rings is 1. The average molecular weight is 310 g/mol. The molecule has 17 heavy (non-hydrogen) atoms. The molecule has 0 bridgehead atoms. The lowest BCUT2D eigenvalue weighted by Gasteiger charge is -2.13. The van der Waals surface area contributed by atoms with Crippen molar-refractivity contribution < 1.29 is 22.8 Å². The van der Waals surface area contributed by atoms with Crippen molar-refractivity contribution in [2.75, 3.05) is 5.32 Å². The maximum atomic E-state index is 12.6. The Balaban J connectivity index is 3.16. The predicted octanol–water partition coefficient (Wildman–Crippen LogP) is 3.00. The zero-order chi connectivity index (χ0) is 13.2. The number of anilines is 1. The van der Waals surface area contributed by atoms with Crippen molar-refractivity contribution in [1.29, 1.82) is 0 Å². The Morgan fingerprint density at radius 3 is 2.35 bits per heavy atom. The van der Waals surface area contributed by atoms with Crippen molar-refractivity contribution in [3.8, 4) is 0 Å². The van der Waals surface area contributed by atoms with Gasteiger partial charge in [0.15, 0.2) is 0 Å². The van der Waals surface area contributed by atoms with Crippen LogP contribution < -0.4 is 5.32 Å². The smallest absolute Gasteiger partial charge is 0.319 e. The molecule has 7 heteroatoms. The lowest BCUT2D eigenvalue weighted by molar-refractivity contribution is -0.137. The molecular formula is C10H7BrF3NO2. The van der Waals surface area contributed by atoms with Crippen molar-refractivity contribution in [2.45, 2.75) is 13.1 Å². The van der Waals surface area contributed by atoms with Gasteiger partial charge in [0.2, 0.25) is 5.78 Å². The number of hydrogen-bond donors (Lipinski definition) is 1. The summed E-state index contributed by atoms with van der Waals surface area (Å²) in [4.78, 5) is 21.7. The fourth-order valence-electron chi connectivity index (χ4n) is 1.07. The van der Waals surface area contributed by atoms with Gasteiger partial charge in [-0.1, -0.05) is 15.9 Å². The Labute approximate surface area is 103 Å². The van der Waals surface area contributed by atoms with Crippen LogP contribution in [0, 0.1) is 0 Å². The Morgan fingerprint density at radius 1 is 1.29 bits per heavy atom. The van der Waals surface area contributed by atoms with Crippen molar-refractivity contribution in [1.82, 2.24) is 0 Å². The van der Waals surface area contributed by atoms with Crippen molar-refractivity contribution in [3.63, 3.8) is 0 Å². The minimum absolute atomic E-state index is 0.227. The molecule has 1 rings (SSSR count).